The van der Waals surface area contributed by atoms with E-state index in [1.54, 1.807) is 6.08 Å². The maximum atomic E-state index is 5.79. The predicted octanol–water partition coefficient (Wildman–Crippen LogP) is 2.94. The van der Waals surface area contributed by atoms with Gasteiger partial charge < -0.3 is 9.32 Å². The summed E-state index contributed by atoms with van der Waals surface area (Å²) in [7, 11) is 2.14. The molecule has 80 valence electrons. The Morgan fingerprint density at radius 2 is 2.27 bits per heavy atom. The number of hydrogen-bond acceptors (Lipinski definition) is 2. The van der Waals surface area contributed by atoms with E-state index in [9.17, 15) is 0 Å². The van der Waals surface area contributed by atoms with Crippen molar-refractivity contribution in [1.29, 1.82) is 0 Å². The van der Waals surface area contributed by atoms with Gasteiger partial charge in [0.05, 0.1) is 0 Å². The van der Waals surface area contributed by atoms with Crippen LogP contribution in [0.1, 0.15) is 29.6 Å². The standard InChI is InChI=1S/C13H17NO/c1-4-6-10-11-9-14(3)8-7-13(11)15-12(10)5-2/h4-6H,2,7-9H2,1,3H3/b6-4-. The largest absolute Gasteiger partial charge is 0.461 e. The van der Waals surface area contributed by atoms with Gasteiger partial charge in [-0.3, -0.25) is 0 Å². The highest BCUT2D eigenvalue weighted by atomic mass is 16.3. The van der Waals surface area contributed by atoms with E-state index in [-0.39, 0.29) is 0 Å². The van der Waals surface area contributed by atoms with Crippen LogP contribution in [0.3, 0.4) is 0 Å². The molecule has 2 rings (SSSR count). The van der Waals surface area contributed by atoms with Crippen molar-refractivity contribution in [2.24, 2.45) is 0 Å². The van der Waals surface area contributed by atoms with Crippen molar-refractivity contribution in [2.75, 3.05) is 13.6 Å². The lowest BCUT2D eigenvalue weighted by atomic mass is 10.0. The first-order valence-corrected chi connectivity index (χ1v) is 5.34. The minimum atomic E-state index is 0.911. The van der Waals surface area contributed by atoms with E-state index in [4.69, 9.17) is 4.42 Å². The summed E-state index contributed by atoms with van der Waals surface area (Å²) in [4.78, 5) is 2.32. The van der Waals surface area contributed by atoms with E-state index >= 15 is 0 Å². The number of hydrogen-bond donors (Lipinski definition) is 0. The molecule has 0 amide bonds. The molecule has 0 unspecified atom stereocenters. The zero-order valence-corrected chi connectivity index (χ0v) is 9.42. The average molecular weight is 203 g/mol. The molecule has 2 nitrogen and oxygen atoms in total. The number of nitrogens with zero attached hydrogens (tertiary/aromatic N) is 1. The number of furan rings is 1. The predicted molar refractivity (Wildman–Crippen MR) is 63.5 cm³/mol. The smallest absolute Gasteiger partial charge is 0.134 e. The van der Waals surface area contributed by atoms with Crippen LogP contribution >= 0.6 is 0 Å². The van der Waals surface area contributed by atoms with Crippen LogP contribution in [0, 0.1) is 0 Å². The van der Waals surface area contributed by atoms with Gasteiger partial charge in [0.15, 0.2) is 0 Å². The Morgan fingerprint density at radius 3 is 2.93 bits per heavy atom. The molecule has 1 aromatic rings. The highest BCUT2D eigenvalue weighted by Gasteiger charge is 2.21. The molecule has 0 bridgehead atoms. The lowest BCUT2D eigenvalue weighted by Gasteiger charge is -2.21. The summed E-state index contributed by atoms with van der Waals surface area (Å²) < 4.78 is 5.79. The Morgan fingerprint density at radius 1 is 1.47 bits per heavy atom. The van der Waals surface area contributed by atoms with Crippen LogP contribution in [0.2, 0.25) is 0 Å². The zero-order valence-electron chi connectivity index (χ0n) is 9.42. The number of likely N-dealkylation sites (N-methyl/N-ethyl adjacent to an activating group) is 1. The van der Waals surface area contributed by atoms with E-state index < -0.39 is 0 Å². The molecule has 0 spiro atoms. The molecular weight excluding hydrogens is 186 g/mol. The normalized spacial score (nSPS) is 16.9. The van der Waals surface area contributed by atoms with Gasteiger partial charge in [-0.2, -0.15) is 0 Å². The van der Waals surface area contributed by atoms with Crippen molar-refractivity contribution in [3.63, 3.8) is 0 Å². The van der Waals surface area contributed by atoms with Crippen LogP contribution in [0.15, 0.2) is 17.1 Å². The van der Waals surface area contributed by atoms with Gasteiger partial charge in [0.2, 0.25) is 0 Å². The molecule has 0 aliphatic carbocycles. The lowest BCUT2D eigenvalue weighted by molar-refractivity contribution is 0.293. The Kier molecular flexibility index (Phi) is 2.78. The summed E-state index contributed by atoms with van der Waals surface area (Å²) in [5.41, 5.74) is 2.53. The van der Waals surface area contributed by atoms with Crippen molar-refractivity contribution in [2.45, 2.75) is 19.9 Å². The van der Waals surface area contributed by atoms with Gasteiger partial charge in [-0.15, -0.1) is 0 Å². The molecule has 0 aromatic carbocycles. The molecule has 0 radical (unpaired) electrons. The summed E-state index contributed by atoms with van der Waals surface area (Å²) in [5.74, 6) is 2.05. The van der Waals surface area contributed by atoms with Crippen LogP contribution < -0.4 is 0 Å². The van der Waals surface area contributed by atoms with Crippen molar-refractivity contribution in [3.05, 3.63) is 35.3 Å². The van der Waals surface area contributed by atoms with E-state index in [2.05, 4.69) is 24.6 Å². The summed E-state index contributed by atoms with van der Waals surface area (Å²) in [6.07, 6.45) is 6.96. The Balaban J connectivity index is 2.50. The summed E-state index contributed by atoms with van der Waals surface area (Å²) >= 11 is 0. The van der Waals surface area contributed by atoms with Gasteiger partial charge >= 0.3 is 0 Å². The zero-order chi connectivity index (χ0) is 10.8. The highest BCUT2D eigenvalue weighted by molar-refractivity contribution is 5.65. The summed E-state index contributed by atoms with van der Waals surface area (Å²) in [6, 6.07) is 0. The van der Waals surface area contributed by atoms with Crippen LogP contribution in [0.25, 0.3) is 12.2 Å². The van der Waals surface area contributed by atoms with Gasteiger partial charge in [0, 0.05) is 30.6 Å². The maximum absolute atomic E-state index is 5.79. The molecule has 0 atom stereocenters. The van der Waals surface area contributed by atoms with Crippen molar-refractivity contribution in [3.8, 4) is 0 Å². The molecule has 2 heterocycles. The van der Waals surface area contributed by atoms with Gasteiger partial charge in [-0.05, 0) is 20.0 Å². The van der Waals surface area contributed by atoms with Crippen LogP contribution in [-0.2, 0) is 13.0 Å². The number of rotatable bonds is 2. The van der Waals surface area contributed by atoms with Crippen LogP contribution in [0.4, 0.5) is 0 Å². The summed E-state index contributed by atoms with van der Waals surface area (Å²) in [6.45, 7) is 7.88. The first-order chi connectivity index (χ1) is 7.26. The SMILES string of the molecule is C=Cc1oc2c(c1/C=C\C)CN(C)CC2. The van der Waals surface area contributed by atoms with Gasteiger partial charge in [0.1, 0.15) is 11.5 Å². The van der Waals surface area contributed by atoms with Crippen LogP contribution in [0.5, 0.6) is 0 Å². The average Bonchev–Trinajstić information content (AvgIpc) is 2.57. The molecule has 0 saturated heterocycles. The second-order valence-corrected chi connectivity index (χ2v) is 3.97. The molecule has 1 aliphatic rings. The van der Waals surface area contributed by atoms with Crippen LogP contribution in [-0.4, -0.2) is 18.5 Å². The Labute approximate surface area is 90.9 Å². The minimum Gasteiger partial charge on any atom is -0.461 e. The fourth-order valence-electron chi connectivity index (χ4n) is 2.07. The lowest BCUT2D eigenvalue weighted by Crippen LogP contribution is -2.25. The quantitative estimate of drug-likeness (QED) is 0.734. The molecule has 1 aromatic heterocycles. The summed E-state index contributed by atoms with van der Waals surface area (Å²) in [5, 5.41) is 0. The Hall–Kier alpha value is -1.28. The second kappa shape index (κ2) is 4.07. The first-order valence-electron chi connectivity index (χ1n) is 5.34. The van der Waals surface area contributed by atoms with Crippen molar-refractivity contribution >= 4 is 12.2 Å². The monoisotopic (exact) mass is 203 g/mol. The third kappa shape index (κ3) is 1.77. The molecule has 15 heavy (non-hydrogen) atoms. The maximum Gasteiger partial charge on any atom is 0.134 e. The third-order valence-electron chi connectivity index (χ3n) is 2.83. The van der Waals surface area contributed by atoms with Crippen molar-refractivity contribution in [1.82, 2.24) is 4.90 Å². The molecule has 0 saturated carbocycles. The Bertz CT molecular complexity index is 401. The second-order valence-electron chi connectivity index (χ2n) is 3.97. The highest BCUT2D eigenvalue weighted by Crippen LogP contribution is 2.29. The van der Waals surface area contributed by atoms with Gasteiger partial charge in [0.25, 0.3) is 0 Å². The molecule has 2 heteroatoms. The topological polar surface area (TPSA) is 16.4 Å². The fraction of sp³-hybridized carbons (Fsp3) is 0.385. The number of fused-ring (bicyclic) bond motifs is 1. The molecule has 1 aliphatic heterocycles. The van der Waals surface area contributed by atoms with E-state index in [1.165, 1.54) is 11.1 Å². The first kappa shape index (κ1) is 10.2. The molecular formula is C13H17NO. The van der Waals surface area contributed by atoms with Gasteiger partial charge in [-0.1, -0.05) is 18.7 Å². The third-order valence-corrected chi connectivity index (χ3v) is 2.83. The van der Waals surface area contributed by atoms with Crippen molar-refractivity contribution < 1.29 is 4.42 Å². The molecule has 0 N–H and O–H groups in total. The molecule has 0 fully saturated rings. The van der Waals surface area contributed by atoms with E-state index in [1.807, 2.05) is 13.0 Å². The fourth-order valence-corrected chi connectivity index (χ4v) is 2.07. The van der Waals surface area contributed by atoms with Gasteiger partial charge in [-0.25, -0.2) is 0 Å². The van der Waals surface area contributed by atoms with E-state index in [0.29, 0.717) is 0 Å². The minimum absolute atomic E-state index is 0.911. The number of allylic oxidation sites excluding steroid dienone is 1. The van der Waals surface area contributed by atoms with E-state index in [0.717, 1.165) is 31.0 Å².